The van der Waals surface area contributed by atoms with E-state index >= 15 is 0 Å². The summed E-state index contributed by atoms with van der Waals surface area (Å²) in [4.78, 5) is 2.47. The summed E-state index contributed by atoms with van der Waals surface area (Å²) >= 11 is 0. The van der Waals surface area contributed by atoms with Crippen molar-refractivity contribution in [3.8, 4) is 5.75 Å². The minimum atomic E-state index is 0. The average molecular weight is 257 g/mol. The Morgan fingerprint density at radius 2 is 2.18 bits per heavy atom. The van der Waals surface area contributed by atoms with Crippen molar-refractivity contribution in [3.05, 3.63) is 29.8 Å². The Hall–Kier alpha value is -0.770. The zero-order valence-electron chi connectivity index (χ0n) is 10.5. The molecule has 1 aromatic carbocycles. The number of likely N-dealkylation sites (N-methyl/N-ethyl adjacent to an activating group) is 1. The van der Waals surface area contributed by atoms with E-state index in [4.69, 9.17) is 4.74 Å². The molecule has 1 aliphatic rings. The number of nitrogens with zero attached hydrogens (tertiary/aromatic N) is 1. The van der Waals surface area contributed by atoms with Gasteiger partial charge < -0.3 is 10.1 Å². The van der Waals surface area contributed by atoms with Gasteiger partial charge in [0.25, 0.3) is 0 Å². The number of ether oxygens (including phenoxy) is 1. The number of methoxy groups -OCH3 is 1. The molecule has 0 spiro atoms. The first-order valence-corrected chi connectivity index (χ1v) is 5.85. The highest BCUT2D eigenvalue weighted by Gasteiger charge is 2.21. The zero-order chi connectivity index (χ0) is 11.4. The van der Waals surface area contributed by atoms with Gasteiger partial charge in [-0.25, -0.2) is 0 Å². The molecule has 4 heteroatoms. The monoisotopic (exact) mass is 256 g/mol. The summed E-state index contributed by atoms with van der Waals surface area (Å²) in [7, 11) is 3.77. The van der Waals surface area contributed by atoms with E-state index in [0.717, 1.165) is 18.8 Å². The van der Waals surface area contributed by atoms with Crippen molar-refractivity contribution in [1.29, 1.82) is 0 Å². The normalized spacial score (nSPS) is 20.0. The summed E-state index contributed by atoms with van der Waals surface area (Å²) in [6.45, 7) is 3.29. The third kappa shape index (κ3) is 3.60. The molecule has 0 aromatic heterocycles. The molecule has 1 aromatic rings. The fraction of sp³-hybridized carbons (Fsp3) is 0.538. The fourth-order valence-electron chi connectivity index (χ4n) is 2.29. The van der Waals surface area contributed by atoms with Gasteiger partial charge in [-0.15, -0.1) is 12.4 Å². The second-order valence-corrected chi connectivity index (χ2v) is 4.32. The van der Waals surface area contributed by atoms with Crippen molar-refractivity contribution < 1.29 is 4.74 Å². The molecule has 3 nitrogen and oxygen atoms in total. The molecule has 1 saturated heterocycles. The van der Waals surface area contributed by atoms with Crippen molar-refractivity contribution in [2.24, 2.45) is 0 Å². The van der Waals surface area contributed by atoms with Gasteiger partial charge in [-0.1, -0.05) is 18.2 Å². The van der Waals surface area contributed by atoms with Crippen LogP contribution in [0.2, 0.25) is 0 Å². The van der Waals surface area contributed by atoms with Crippen LogP contribution in [0.25, 0.3) is 0 Å². The summed E-state index contributed by atoms with van der Waals surface area (Å²) in [5.74, 6) is 0.996. The standard InChI is InChI=1S/C13H20N2O.ClH/c1-14-12-7-8-15(10-12)9-11-5-3-4-6-13(11)16-2;/h3-6,12,14H,7-10H2,1-2H3;1H. The zero-order valence-corrected chi connectivity index (χ0v) is 11.3. The number of hydrogen-bond acceptors (Lipinski definition) is 3. The predicted octanol–water partition coefficient (Wildman–Crippen LogP) is 1.91. The van der Waals surface area contributed by atoms with E-state index < -0.39 is 0 Å². The minimum absolute atomic E-state index is 0. The highest BCUT2D eigenvalue weighted by atomic mass is 35.5. The molecule has 2 rings (SSSR count). The lowest BCUT2D eigenvalue weighted by molar-refractivity contribution is 0.313. The summed E-state index contributed by atoms with van der Waals surface area (Å²) in [6.07, 6.45) is 1.24. The highest BCUT2D eigenvalue weighted by molar-refractivity contribution is 5.85. The van der Waals surface area contributed by atoms with Gasteiger partial charge in [-0.2, -0.15) is 0 Å². The van der Waals surface area contributed by atoms with Gasteiger partial charge in [-0.05, 0) is 19.5 Å². The Morgan fingerprint density at radius 1 is 1.41 bits per heavy atom. The SMILES string of the molecule is CNC1CCN(Cc2ccccc2OC)C1.Cl. The summed E-state index contributed by atoms with van der Waals surface area (Å²) < 4.78 is 5.37. The molecular formula is C13H21ClN2O. The van der Waals surface area contributed by atoms with E-state index in [1.54, 1.807) is 7.11 Å². The number of rotatable bonds is 4. The van der Waals surface area contributed by atoms with E-state index in [9.17, 15) is 0 Å². The third-order valence-electron chi connectivity index (χ3n) is 3.27. The molecule has 0 aliphatic carbocycles. The number of hydrogen-bond donors (Lipinski definition) is 1. The van der Waals surface area contributed by atoms with Crippen LogP contribution < -0.4 is 10.1 Å². The molecule has 96 valence electrons. The van der Waals surface area contributed by atoms with Crippen molar-refractivity contribution >= 4 is 12.4 Å². The lowest BCUT2D eigenvalue weighted by Gasteiger charge is -2.17. The summed E-state index contributed by atoms with van der Waals surface area (Å²) in [5, 5.41) is 3.34. The Kier molecular flexibility index (Phi) is 5.75. The lowest BCUT2D eigenvalue weighted by Crippen LogP contribution is -2.29. The van der Waals surface area contributed by atoms with Gasteiger partial charge in [0.05, 0.1) is 7.11 Å². The number of benzene rings is 1. The molecule has 0 saturated carbocycles. The number of para-hydroxylation sites is 1. The fourth-order valence-corrected chi connectivity index (χ4v) is 2.29. The van der Waals surface area contributed by atoms with Crippen LogP contribution in [0.4, 0.5) is 0 Å². The van der Waals surface area contributed by atoms with Gasteiger partial charge in [0.2, 0.25) is 0 Å². The van der Waals surface area contributed by atoms with Crippen molar-refractivity contribution in [1.82, 2.24) is 10.2 Å². The van der Waals surface area contributed by atoms with Crippen LogP contribution in [0.1, 0.15) is 12.0 Å². The third-order valence-corrected chi connectivity index (χ3v) is 3.27. The first kappa shape index (κ1) is 14.3. The van der Waals surface area contributed by atoms with Crippen LogP contribution in [0.3, 0.4) is 0 Å². The van der Waals surface area contributed by atoms with Crippen LogP contribution in [0.15, 0.2) is 24.3 Å². The maximum absolute atomic E-state index is 5.37. The predicted molar refractivity (Wildman–Crippen MR) is 73.0 cm³/mol. The quantitative estimate of drug-likeness (QED) is 0.891. The average Bonchev–Trinajstić information content (AvgIpc) is 2.77. The van der Waals surface area contributed by atoms with Gasteiger partial charge in [-0.3, -0.25) is 4.90 Å². The first-order chi connectivity index (χ1) is 7.83. The second kappa shape index (κ2) is 6.84. The number of nitrogens with one attached hydrogen (secondary N) is 1. The highest BCUT2D eigenvalue weighted by Crippen LogP contribution is 2.21. The summed E-state index contributed by atoms with van der Waals surface area (Å²) in [5.41, 5.74) is 1.28. The smallest absolute Gasteiger partial charge is 0.123 e. The molecule has 1 N–H and O–H groups in total. The lowest BCUT2D eigenvalue weighted by atomic mass is 10.2. The topological polar surface area (TPSA) is 24.5 Å². The number of halogens is 1. The molecule has 1 atom stereocenters. The van der Waals surface area contributed by atoms with E-state index in [0.29, 0.717) is 6.04 Å². The maximum Gasteiger partial charge on any atom is 0.123 e. The Morgan fingerprint density at radius 3 is 2.82 bits per heavy atom. The van der Waals surface area contributed by atoms with E-state index in [1.807, 2.05) is 19.2 Å². The summed E-state index contributed by atoms with van der Waals surface area (Å²) in [6, 6.07) is 8.91. The van der Waals surface area contributed by atoms with Gasteiger partial charge >= 0.3 is 0 Å². The Balaban J connectivity index is 0.00000144. The number of likely N-dealkylation sites (tertiary alicyclic amines) is 1. The molecule has 1 unspecified atom stereocenters. The van der Waals surface area contributed by atoms with E-state index in [-0.39, 0.29) is 12.4 Å². The van der Waals surface area contributed by atoms with Gasteiger partial charge in [0, 0.05) is 31.2 Å². The molecule has 1 aliphatic heterocycles. The molecule has 17 heavy (non-hydrogen) atoms. The molecule has 1 fully saturated rings. The van der Waals surface area contributed by atoms with Crippen molar-refractivity contribution in [2.75, 3.05) is 27.2 Å². The maximum atomic E-state index is 5.37. The molecule has 0 bridgehead atoms. The second-order valence-electron chi connectivity index (χ2n) is 4.32. The molecule has 0 radical (unpaired) electrons. The van der Waals surface area contributed by atoms with Crippen LogP contribution in [0.5, 0.6) is 5.75 Å². The van der Waals surface area contributed by atoms with E-state index in [1.165, 1.54) is 18.5 Å². The van der Waals surface area contributed by atoms with Crippen LogP contribution in [-0.2, 0) is 6.54 Å². The van der Waals surface area contributed by atoms with Crippen molar-refractivity contribution in [3.63, 3.8) is 0 Å². The van der Waals surface area contributed by atoms with Crippen LogP contribution in [0, 0.1) is 0 Å². The Bertz CT molecular complexity index is 346. The van der Waals surface area contributed by atoms with Gasteiger partial charge in [0.1, 0.15) is 5.75 Å². The largest absolute Gasteiger partial charge is 0.496 e. The van der Waals surface area contributed by atoms with Gasteiger partial charge in [0.15, 0.2) is 0 Å². The Labute approximate surface area is 110 Å². The minimum Gasteiger partial charge on any atom is -0.496 e. The molecule has 0 amide bonds. The van der Waals surface area contributed by atoms with Crippen LogP contribution >= 0.6 is 12.4 Å². The first-order valence-electron chi connectivity index (χ1n) is 5.85. The van der Waals surface area contributed by atoms with E-state index in [2.05, 4.69) is 22.3 Å². The van der Waals surface area contributed by atoms with Crippen molar-refractivity contribution in [2.45, 2.75) is 19.0 Å². The molecular weight excluding hydrogens is 236 g/mol. The van der Waals surface area contributed by atoms with Crippen LogP contribution in [-0.4, -0.2) is 38.2 Å². The molecule has 1 heterocycles.